The highest BCUT2D eigenvalue weighted by Crippen LogP contribution is 2.27. The number of hydrogen-bond donors (Lipinski definition) is 1. The van der Waals surface area contributed by atoms with E-state index in [9.17, 15) is 4.79 Å². The maximum absolute atomic E-state index is 12.6. The first-order chi connectivity index (χ1) is 8.99. The molecule has 0 spiro atoms. The van der Waals surface area contributed by atoms with Crippen LogP contribution < -0.4 is 5.73 Å². The molecule has 2 fully saturated rings. The third kappa shape index (κ3) is 3.48. The van der Waals surface area contributed by atoms with Gasteiger partial charge >= 0.3 is 0 Å². The standard InChI is InChI=1S/C15H29N3O/c1-11(2)18-9-6-14(12(3)10-18)15(19)17-7-4-13(16)5-8-17/h11-14H,4-10,16H2,1-3H3. The van der Waals surface area contributed by atoms with E-state index in [0.717, 1.165) is 45.4 Å². The monoisotopic (exact) mass is 267 g/mol. The fourth-order valence-electron chi connectivity index (χ4n) is 3.37. The van der Waals surface area contributed by atoms with Gasteiger partial charge in [0, 0.05) is 37.6 Å². The number of nitrogens with two attached hydrogens (primary N) is 1. The minimum Gasteiger partial charge on any atom is -0.342 e. The van der Waals surface area contributed by atoms with E-state index >= 15 is 0 Å². The quantitative estimate of drug-likeness (QED) is 0.820. The largest absolute Gasteiger partial charge is 0.342 e. The van der Waals surface area contributed by atoms with Crippen LogP contribution in [-0.4, -0.2) is 54.0 Å². The lowest BCUT2D eigenvalue weighted by molar-refractivity contribution is -0.140. The van der Waals surface area contributed by atoms with Crippen LogP contribution in [-0.2, 0) is 4.79 Å². The molecule has 0 radical (unpaired) electrons. The van der Waals surface area contributed by atoms with Crippen LogP contribution in [0.25, 0.3) is 0 Å². The lowest BCUT2D eigenvalue weighted by atomic mass is 9.84. The van der Waals surface area contributed by atoms with Crippen LogP contribution in [0.2, 0.25) is 0 Å². The molecule has 0 aliphatic carbocycles. The molecule has 110 valence electrons. The number of carbonyl (C=O) groups is 1. The van der Waals surface area contributed by atoms with Gasteiger partial charge in [-0.15, -0.1) is 0 Å². The van der Waals surface area contributed by atoms with Crippen molar-refractivity contribution in [1.82, 2.24) is 9.80 Å². The second-order valence-corrected chi connectivity index (χ2v) is 6.62. The molecular formula is C15H29N3O. The summed E-state index contributed by atoms with van der Waals surface area (Å²) in [6, 6.07) is 0.885. The van der Waals surface area contributed by atoms with Crippen molar-refractivity contribution in [2.75, 3.05) is 26.2 Å². The SMILES string of the molecule is CC1CN(C(C)C)CCC1C(=O)N1CCC(N)CC1. The van der Waals surface area contributed by atoms with Gasteiger partial charge in [-0.05, 0) is 45.6 Å². The van der Waals surface area contributed by atoms with Crippen molar-refractivity contribution in [1.29, 1.82) is 0 Å². The van der Waals surface area contributed by atoms with Crippen molar-refractivity contribution < 1.29 is 4.79 Å². The zero-order chi connectivity index (χ0) is 14.0. The predicted octanol–water partition coefficient (Wildman–Crippen LogP) is 1.30. The summed E-state index contributed by atoms with van der Waals surface area (Å²) in [6.07, 6.45) is 2.94. The van der Waals surface area contributed by atoms with E-state index in [0.29, 0.717) is 23.9 Å². The van der Waals surface area contributed by atoms with E-state index in [4.69, 9.17) is 5.73 Å². The molecule has 2 saturated heterocycles. The number of carbonyl (C=O) groups excluding carboxylic acids is 1. The Morgan fingerprint density at radius 1 is 1.16 bits per heavy atom. The molecule has 2 aliphatic heterocycles. The van der Waals surface area contributed by atoms with Gasteiger partial charge in [-0.1, -0.05) is 6.92 Å². The summed E-state index contributed by atoms with van der Waals surface area (Å²) in [7, 11) is 0. The highest BCUT2D eigenvalue weighted by molar-refractivity contribution is 5.79. The molecule has 0 bridgehead atoms. The zero-order valence-corrected chi connectivity index (χ0v) is 12.6. The zero-order valence-electron chi connectivity index (χ0n) is 12.6. The Kier molecular flexibility index (Phi) is 4.85. The van der Waals surface area contributed by atoms with Crippen LogP contribution in [0.1, 0.15) is 40.0 Å². The minimum atomic E-state index is 0.226. The molecular weight excluding hydrogens is 238 g/mol. The summed E-state index contributed by atoms with van der Waals surface area (Å²) in [6.45, 7) is 10.5. The van der Waals surface area contributed by atoms with E-state index in [-0.39, 0.29) is 5.92 Å². The highest BCUT2D eigenvalue weighted by Gasteiger charge is 2.35. The first-order valence-corrected chi connectivity index (χ1v) is 7.77. The minimum absolute atomic E-state index is 0.226. The summed E-state index contributed by atoms with van der Waals surface area (Å²) >= 11 is 0. The Bertz CT molecular complexity index is 311. The van der Waals surface area contributed by atoms with Gasteiger partial charge in [0.15, 0.2) is 0 Å². The van der Waals surface area contributed by atoms with Gasteiger partial charge < -0.3 is 15.5 Å². The lowest BCUT2D eigenvalue weighted by Gasteiger charge is -2.41. The number of nitrogens with zero attached hydrogens (tertiary/aromatic N) is 2. The van der Waals surface area contributed by atoms with Gasteiger partial charge in [-0.2, -0.15) is 0 Å². The summed E-state index contributed by atoms with van der Waals surface area (Å²) in [4.78, 5) is 17.2. The van der Waals surface area contributed by atoms with Gasteiger partial charge in [0.25, 0.3) is 0 Å². The van der Waals surface area contributed by atoms with Crippen molar-refractivity contribution in [3.63, 3.8) is 0 Å². The average molecular weight is 267 g/mol. The van der Waals surface area contributed by atoms with Crippen LogP contribution >= 0.6 is 0 Å². The summed E-state index contributed by atoms with van der Waals surface area (Å²) < 4.78 is 0. The second kappa shape index (κ2) is 6.23. The number of amides is 1. The van der Waals surface area contributed by atoms with Crippen molar-refractivity contribution in [3.05, 3.63) is 0 Å². The summed E-state index contributed by atoms with van der Waals surface area (Å²) in [5, 5.41) is 0. The van der Waals surface area contributed by atoms with Gasteiger partial charge in [0.2, 0.25) is 5.91 Å². The van der Waals surface area contributed by atoms with Crippen molar-refractivity contribution in [2.45, 2.75) is 52.1 Å². The Hall–Kier alpha value is -0.610. The van der Waals surface area contributed by atoms with Gasteiger partial charge in [0.05, 0.1) is 0 Å². The van der Waals surface area contributed by atoms with Crippen LogP contribution in [0.15, 0.2) is 0 Å². The average Bonchev–Trinajstić information content (AvgIpc) is 2.38. The van der Waals surface area contributed by atoms with Crippen LogP contribution in [0, 0.1) is 11.8 Å². The molecule has 4 heteroatoms. The molecule has 2 atom stereocenters. The molecule has 1 amide bonds. The molecule has 19 heavy (non-hydrogen) atoms. The maximum atomic E-state index is 12.6. The van der Waals surface area contributed by atoms with Crippen molar-refractivity contribution in [3.8, 4) is 0 Å². The Morgan fingerprint density at radius 3 is 2.32 bits per heavy atom. The molecule has 0 aromatic heterocycles. The topological polar surface area (TPSA) is 49.6 Å². The molecule has 0 aromatic carbocycles. The molecule has 4 nitrogen and oxygen atoms in total. The third-order valence-electron chi connectivity index (χ3n) is 4.84. The molecule has 2 rings (SSSR count). The highest BCUT2D eigenvalue weighted by atomic mass is 16.2. The Labute approximate surface area is 117 Å². The van der Waals surface area contributed by atoms with E-state index in [2.05, 4.69) is 30.6 Å². The third-order valence-corrected chi connectivity index (χ3v) is 4.84. The fraction of sp³-hybridized carbons (Fsp3) is 0.933. The maximum Gasteiger partial charge on any atom is 0.226 e. The Morgan fingerprint density at radius 2 is 1.79 bits per heavy atom. The molecule has 2 heterocycles. The van der Waals surface area contributed by atoms with Gasteiger partial charge in [-0.3, -0.25) is 4.79 Å². The second-order valence-electron chi connectivity index (χ2n) is 6.62. The predicted molar refractivity (Wildman–Crippen MR) is 77.8 cm³/mol. The van der Waals surface area contributed by atoms with E-state index in [1.807, 2.05) is 0 Å². The molecule has 2 aliphatic rings. The van der Waals surface area contributed by atoms with E-state index in [1.54, 1.807) is 0 Å². The summed E-state index contributed by atoms with van der Waals surface area (Å²) in [5.74, 6) is 1.08. The molecule has 0 aromatic rings. The molecule has 2 unspecified atom stereocenters. The summed E-state index contributed by atoms with van der Waals surface area (Å²) in [5.41, 5.74) is 5.91. The van der Waals surface area contributed by atoms with Crippen LogP contribution in [0.5, 0.6) is 0 Å². The van der Waals surface area contributed by atoms with Crippen molar-refractivity contribution >= 4 is 5.91 Å². The van der Waals surface area contributed by atoms with Gasteiger partial charge in [0.1, 0.15) is 0 Å². The number of piperidine rings is 2. The van der Waals surface area contributed by atoms with Crippen molar-refractivity contribution in [2.24, 2.45) is 17.6 Å². The van der Waals surface area contributed by atoms with E-state index < -0.39 is 0 Å². The van der Waals surface area contributed by atoms with Gasteiger partial charge in [-0.25, -0.2) is 0 Å². The smallest absolute Gasteiger partial charge is 0.226 e. The van der Waals surface area contributed by atoms with E-state index in [1.165, 1.54) is 0 Å². The number of likely N-dealkylation sites (tertiary alicyclic amines) is 2. The number of hydrogen-bond acceptors (Lipinski definition) is 3. The Balaban J connectivity index is 1.90. The van der Waals surface area contributed by atoms with Crippen LogP contribution in [0.3, 0.4) is 0 Å². The fourth-order valence-corrected chi connectivity index (χ4v) is 3.37. The lowest BCUT2D eigenvalue weighted by Crippen LogP contribution is -2.51. The first-order valence-electron chi connectivity index (χ1n) is 7.77. The molecule has 2 N–H and O–H groups in total. The normalized spacial score (nSPS) is 30.9. The molecule has 0 saturated carbocycles. The number of rotatable bonds is 2. The van der Waals surface area contributed by atoms with Crippen LogP contribution in [0.4, 0.5) is 0 Å². The first kappa shape index (κ1) is 14.8.